The first kappa shape index (κ1) is 20.5. The number of methoxy groups -OCH3 is 1. The number of hydrogen-bond donors (Lipinski definition) is 1. The number of aliphatic hydroxyl groups is 1. The fourth-order valence-electron chi connectivity index (χ4n) is 3.66. The van der Waals surface area contributed by atoms with E-state index in [1.54, 1.807) is 24.1 Å². The van der Waals surface area contributed by atoms with Gasteiger partial charge in [0.15, 0.2) is 5.76 Å². The Balaban J connectivity index is 1.79. The third kappa shape index (κ3) is 3.95. The lowest BCUT2D eigenvalue weighted by molar-refractivity contribution is -0.130. The van der Waals surface area contributed by atoms with Gasteiger partial charge in [0, 0.05) is 21.6 Å². The summed E-state index contributed by atoms with van der Waals surface area (Å²) in [4.78, 5) is 14.8. The lowest BCUT2D eigenvalue weighted by Gasteiger charge is -2.27. The number of carbonyl (C=O) groups excluding carboxylic acids is 1. The van der Waals surface area contributed by atoms with Gasteiger partial charge in [0.2, 0.25) is 0 Å². The van der Waals surface area contributed by atoms with Crippen molar-refractivity contribution in [2.75, 3.05) is 7.11 Å². The normalized spacial score (nSPS) is 16.3. The first-order chi connectivity index (χ1) is 14.5. The average Bonchev–Trinajstić information content (AvgIpc) is 3.01. The maximum Gasteiger partial charge on any atom is 0.290 e. The molecule has 0 bridgehead atoms. The Hall–Kier alpha value is -2.76. The molecule has 4 rings (SSSR count). The van der Waals surface area contributed by atoms with Gasteiger partial charge < -0.3 is 14.7 Å². The van der Waals surface area contributed by atoms with Crippen LogP contribution in [-0.2, 0) is 11.3 Å². The number of hydrogen-bond acceptors (Lipinski definition) is 3. The van der Waals surface area contributed by atoms with Crippen LogP contribution in [0.3, 0.4) is 0 Å². The summed E-state index contributed by atoms with van der Waals surface area (Å²) >= 11 is 9.46. The molecular formula is C24H19BrClNO3. The van der Waals surface area contributed by atoms with Crippen LogP contribution in [0.1, 0.15) is 22.7 Å². The fraction of sp³-hybridized carbons (Fsp3) is 0.125. The van der Waals surface area contributed by atoms with E-state index in [-0.39, 0.29) is 5.76 Å². The molecule has 0 radical (unpaired) electrons. The minimum absolute atomic E-state index is 0.234. The molecule has 1 aliphatic heterocycles. The van der Waals surface area contributed by atoms with Gasteiger partial charge in [-0.1, -0.05) is 63.9 Å². The predicted octanol–water partition coefficient (Wildman–Crippen LogP) is 6.16. The third-order valence-electron chi connectivity index (χ3n) is 5.16. The van der Waals surface area contributed by atoms with Gasteiger partial charge in [-0.05, 0) is 53.1 Å². The summed E-state index contributed by atoms with van der Waals surface area (Å²) in [6, 6.07) is 22.1. The number of carbonyl (C=O) groups is 1. The Kier molecular flexibility index (Phi) is 5.84. The highest BCUT2D eigenvalue weighted by Crippen LogP contribution is 2.44. The molecule has 0 spiro atoms. The van der Waals surface area contributed by atoms with Gasteiger partial charge in [0.25, 0.3) is 5.91 Å². The first-order valence-corrected chi connectivity index (χ1v) is 10.5. The zero-order valence-electron chi connectivity index (χ0n) is 16.2. The van der Waals surface area contributed by atoms with Crippen molar-refractivity contribution in [2.24, 2.45) is 0 Å². The second-order valence-corrected chi connectivity index (χ2v) is 8.36. The summed E-state index contributed by atoms with van der Waals surface area (Å²) in [5.74, 6) is 0.0760. The average molecular weight is 485 g/mol. The van der Waals surface area contributed by atoms with Gasteiger partial charge in [0.05, 0.1) is 13.2 Å². The van der Waals surface area contributed by atoms with E-state index >= 15 is 0 Å². The molecule has 1 atom stereocenters. The standard InChI is InChI=1S/C24H19BrClNO3/c1-30-20-12-6-16(7-13-20)21-22(17-4-8-18(25)9-5-17)27(24(29)23(21)28)14-15-2-10-19(26)11-3-15/h2-13,22,28H,14H2,1H3/t22-/m1/s1. The van der Waals surface area contributed by atoms with E-state index in [1.807, 2.05) is 60.7 Å². The number of benzene rings is 3. The molecule has 1 N–H and O–H groups in total. The maximum atomic E-state index is 13.1. The predicted molar refractivity (Wildman–Crippen MR) is 121 cm³/mol. The molecule has 3 aromatic rings. The smallest absolute Gasteiger partial charge is 0.290 e. The lowest BCUT2D eigenvalue weighted by Crippen LogP contribution is -2.29. The van der Waals surface area contributed by atoms with Gasteiger partial charge >= 0.3 is 0 Å². The van der Waals surface area contributed by atoms with Gasteiger partial charge in [-0.2, -0.15) is 0 Å². The maximum absolute atomic E-state index is 13.1. The van der Waals surface area contributed by atoms with Gasteiger partial charge in [-0.3, -0.25) is 4.79 Å². The number of halogens is 2. The van der Waals surface area contributed by atoms with Crippen LogP contribution in [0.4, 0.5) is 0 Å². The van der Waals surface area contributed by atoms with E-state index in [0.29, 0.717) is 22.9 Å². The van der Waals surface area contributed by atoms with Crippen LogP contribution in [0.15, 0.2) is 83.0 Å². The number of amides is 1. The fourth-order valence-corrected chi connectivity index (χ4v) is 4.05. The number of ether oxygens (including phenoxy) is 1. The molecule has 0 saturated heterocycles. The van der Waals surface area contributed by atoms with Crippen molar-refractivity contribution in [3.8, 4) is 5.75 Å². The minimum atomic E-state index is -0.422. The molecule has 152 valence electrons. The van der Waals surface area contributed by atoms with Crippen molar-refractivity contribution < 1.29 is 14.6 Å². The van der Waals surface area contributed by atoms with E-state index < -0.39 is 11.9 Å². The largest absolute Gasteiger partial charge is 0.503 e. The molecule has 0 aliphatic carbocycles. The topological polar surface area (TPSA) is 49.8 Å². The summed E-state index contributed by atoms with van der Waals surface area (Å²) in [6.45, 7) is 0.348. The second-order valence-electron chi connectivity index (χ2n) is 7.00. The van der Waals surface area contributed by atoms with Crippen LogP contribution in [0.2, 0.25) is 5.02 Å². The van der Waals surface area contributed by atoms with Gasteiger partial charge in [0.1, 0.15) is 5.75 Å². The number of aliphatic hydroxyl groups excluding tert-OH is 1. The van der Waals surface area contributed by atoms with Crippen molar-refractivity contribution >= 4 is 39.0 Å². The number of rotatable bonds is 5. The second kappa shape index (κ2) is 8.54. The molecule has 4 nitrogen and oxygen atoms in total. The quantitative estimate of drug-likeness (QED) is 0.471. The van der Waals surface area contributed by atoms with Crippen molar-refractivity contribution in [2.45, 2.75) is 12.6 Å². The first-order valence-electron chi connectivity index (χ1n) is 9.36. The van der Waals surface area contributed by atoms with Crippen LogP contribution in [0, 0.1) is 0 Å². The molecular weight excluding hydrogens is 466 g/mol. The highest BCUT2D eigenvalue weighted by Gasteiger charge is 2.41. The number of nitrogens with zero attached hydrogens (tertiary/aromatic N) is 1. The highest BCUT2D eigenvalue weighted by atomic mass is 79.9. The van der Waals surface area contributed by atoms with Crippen LogP contribution in [0.25, 0.3) is 5.57 Å². The van der Waals surface area contributed by atoms with Crippen molar-refractivity contribution in [3.63, 3.8) is 0 Å². The van der Waals surface area contributed by atoms with Crippen molar-refractivity contribution in [1.29, 1.82) is 0 Å². The van der Waals surface area contributed by atoms with Gasteiger partial charge in [-0.15, -0.1) is 0 Å². The zero-order valence-corrected chi connectivity index (χ0v) is 18.5. The van der Waals surface area contributed by atoms with E-state index in [9.17, 15) is 9.90 Å². The Morgan fingerprint density at radius 1 is 1.00 bits per heavy atom. The molecule has 3 aromatic carbocycles. The molecule has 1 heterocycles. The summed E-state index contributed by atoms with van der Waals surface area (Å²) in [5.41, 5.74) is 3.20. The molecule has 1 amide bonds. The Morgan fingerprint density at radius 3 is 2.23 bits per heavy atom. The molecule has 0 aromatic heterocycles. The van der Waals surface area contributed by atoms with Crippen molar-refractivity contribution in [1.82, 2.24) is 4.90 Å². The Bertz CT molecular complexity index is 1090. The Morgan fingerprint density at radius 2 is 1.63 bits per heavy atom. The van der Waals surface area contributed by atoms with Crippen LogP contribution >= 0.6 is 27.5 Å². The van der Waals surface area contributed by atoms with Crippen LogP contribution in [-0.4, -0.2) is 23.0 Å². The summed E-state index contributed by atoms with van der Waals surface area (Å²) in [6.07, 6.45) is 0. The third-order valence-corrected chi connectivity index (χ3v) is 5.94. The molecule has 0 unspecified atom stereocenters. The van der Waals surface area contributed by atoms with Crippen molar-refractivity contribution in [3.05, 3.63) is 105 Å². The van der Waals surface area contributed by atoms with Gasteiger partial charge in [-0.25, -0.2) is 0 Å². The van der Waals surface area contributed by atoms with Crippen LogP contribution < -0.4 is 4.74 Å². The Labute approximate surface area is 188 Å². The SMILES string of the molecule is COc1ccc(C2=C(O)C(=O)N(Cc3ccc(Cl)cc3)[C@@H]2c2ccc(Br)cc2)cc1. The minimum Gasteiger partial charge on any atom is -0.503 e. The molecule has 1 aliphatic rings. The van der Waals surface area contributed by atoms with E-state index in [1.165, 1.54) is 0 Å². The van der Waals surface area contributed by atoms with E-state index in [0.717, 1.165) is 21.2 Å². The summed E-state index contributed by atoms with van der Waals surface area (Å²) in [5, 5.41) is 11.5. The van der Waals surface area contributed by atoms with E-state index in [4.69, 9.17) is 16.3 Å². The molecule has 6 heteroatoms. The monoisotopic (exact) mass is 483 g/mol. The molecule has 0 saturated carbocycles. The lowest BCUT2D eigenvalue weighted by atomic mass is 9.93. The molecule has 0 fully saturated rings. The van der Waals surface area contributed by atoms with Crippen LogP contribution in [0.5, 0.6) is 5.75 Å². The van der Waals surface area contributed by atoms with E-state index in [2.05, 4.69) is 15.9 Å². The summed E-state index contributed by atoms with van der Waals surface area (Å²) < 4.78 is 6.19. The highest BCUT2D eigenvalue weighted by molar-refractivity contribution is 9.10. The zero-order chi connectivity index (χ0) is 21.3. The molecule has 30 heavy (non-hydrogen) atoms. The summed E-state index contributed by atoms with van der Waals surface area (Å²) in [7, 11) is 1.60.